The average molecular weight is 239 g/mol. The summed E-state index contributed by atoms with van der Waals surface area (Å²) in [5.74, 6) is 1.03. The lowest BCUT2D eigenvalue weighted by Gasteiger charge is -2.11. The van der Waals surface area contributed by atoms with Crippen molar-refractivity contribution in [2.75, 3.05) is 32.8 Å². The molecule has 5 nitrogen and oxygen atoms in total. The number of anilines is 1. The molecule has 1 rings (SSSR count). The number of rotatable bonds is 6. The molecule has 0 saturated heterocycles. The van der Waals surface area contributed by atoms with Gasteiger partial charge in [-0.05, 0) is 19.1 Å². The standard InChI is InChI=1S/C12H17NO4/c1-4-17-10-6-5-9(7-11(10)16-3)13-12(14)8-15-2/h5-7H,4,8H2,1-3H3,(H,13,14). The van der Waals surface area contributed by atoms with Gasteiger partial charge in [-0.1, -0.05) is 0 Å². The Morgan fingerprint density at radius 3 is 2.65 bits per heavy atom. The van der Waals surface area contributed by atoms with E-state index in [0.717, 1.165) is 0 Å². The summed E-state index contributed by atoms with van der Waals surface area (Å²) in [5.41, 5.74) is 0.646. The Labute approximate surface area is 101 Å². The van der Waals surface area contributed by atoms with Gasteiger partial charge in [-0.2, -0.15) is 0 Å². The smallest absolute Gasteiger partial charge is 0.250 e. The number of hydrogen-bond acceptors (Lipinski definition) is 4. The molecule has 1 N–H and O–H groups in total. The van der Waals surface area contributed by atoms with Gasteiger partial charge in [0, 0.05) is 18.9 Å². The number of carbonyl (C=O) groups excluding carboxylic acids is 1. The summed E-state index contributed by atoms with van der Waals surface area (Å²) in [5, 5.41) is 2.69. The molecule has 0 unspecified atom stereocenters. The van der Waals surface area contributed by atoms with Crippen LogP contribution in [0.15, 0.2) is 18.2 Å². The van der Waals surface area contributed by atoms with Crippen LogP contribution in [0.3, 0.4) is 0 Å². The van der Waals surface area contributed by atoms with Crippen molar-refractivity contribution in [2.45, 2.75) is 6.92 Å². The second-order valence-corrected chi connectivity index (χ2v) is 3.28. The molecule has 0 aliphatic carbocycles. The summed E-state index contributed by atoms with van der Waals surface area (Å²) in [7, 11) is 3.02. The zero-order chi connectivity index (χ0) is 12.7. The first-order valence-corrected chi connectivity index (χ1v) is 5.30. The predicted octanol–water partition coefficient (Wildman–Crippen LogP) is 1.68. The van der Waals surface area contributed by atoms with Crippen LogP contribution >= 0.6 is 0 Å². The van der Waals surface area contributed by atoms with Gasteiger partial charge in [0.25, 0.3) is 0 Å². The first-order valence-electron chi connectivity index (χ1n) is 5.30. The van der Waals surface area contributed by atoms with Crippen molar-refractivity contribution in [2.24, 2.45) is 0 Å². The summed E-state index contributed by atoms with van der Waals surface area (Å²) in [6, 6.07) is 5.21. The van der Waals surface area contributed by atoms with Crippen molar-refractivity contribution in [3.8, 4) is 11.5 Å². The van der Waals surface area contributed by atoms with Gasteiger partial charge >= 0.3 is 0 Å². The van der Waals surface area contributed by atoms with Crippen molar-refractivity contribution in [1.29, 1.82) is 0 Å². The fourth-order valence-corrected chi connectivity index (χ4v) is 1.35. The van der Waals surface area contributed by atoms with E-state index in [-0.39, 0.29) is 12.5 Å². The van der Waals surface area contributed by atoms with Crippen LogP contribution in [0.5, 0.6) is 11.5 Å². The van der Waals surface area contributed by atoms with E-state index >= 15 is 0 Å². The number of carbonyl (C=O) groups is 1. The minimum absolute atomic E-state index is 0.0233. The molecular weight excluding hydrogens is 222 g/mol. The highest BCUT2D eigenvalue weighted by atomic mass is 16.5. The van der Waals surface area contributed by atoms with Crippen LogP contribution in [-0.2, 0) is 9.53 Å². The van der Waals surface area contributed by atoms with Gasteiger partial charge in [0.05, 0.1) is 13.7 Å². The van der Waals surface area contributed by atoms with E-state index in [2.05, 4.69) is 5.32 Å². The molecule has 5 heteroatoms. The number of ether oxygens (including phenoxy) is 3. The van der Waals surface area contributed by atoms with Gasteiger partial charge in [0.2, 0.25) is 5.91 Å². The van der Waals surface area contributed by atoms with Crippen LogP contribution < -0.4 is 14.8 Å². The van der Waals surface area contributed by atoms with Crippen LogP contribution in [0.1, 0.15) is 6.92 Å². The van der Waals surface area contributed by atoms with Crippen molar-refractivity contribution in [1.82, 2.24) is 0 Å². The van der Waals surface area contributed by atoms with Crippen molar-refractivity contribution >= 4 is 11.6 Å². The maximum atomic E-state index is 11.3. The Bertz CT molecular complexity index is 379. The fraction of sp³-hybridized carbons (Fsp3) is 0.417. The van der Waals surface area contributed by atoms with E-state index in [1.165, 1.54) is 7.11 Å². The van der Waals surface area contributed by atoms with E-state index in [1.54, 1.807) is 25.3 Å². The Morgan fingerprint density at radius 2 is 2.06 bits per heavy atom. The maximum Gasteiger partial charge on any atom is 0.250 e. The molecule has 0 bridgehead atoms. The summed E-state index contributed by atoms with van der Waals surface area (Å²) >= 11 is 0. The van der Waals surface area contributed by atoms with E-state index in [4.69, 9.17) is 14.2 Å². The highest BCUT2D eigenvalue weighted by molar-refractivity contribution is 5.92. The van der Waals surface area contributed by atoms with Crippen molar-refractivity contribution in [3.05, 3.63) is 18.2 Å². The first kappa shape index (κ1) is 13.3. The van der Waals surface area contributed by atoms with Gasteiger partial charge in [-0.15, -0.1) is 0 Å². The molecule has 94 valence electrons. The van der Waals surface area contributed by atoms with Crippen molar-refractivity contribution < 1.29 is 19.0 Å². The maximum absolute atomic E-state index is 11.3. The lowest BCUT2D eigenvalue weighted by atomic mass is 10.2. The molecule has 0 radical (unpaired) electrons. The average Bonchev–Trinajstić information content (AvgIpc) is 2.31. The quantitative estimate of drug-likeness (QED) is 0.820. The summed E-state index contributed by atoms with van der Waals surface area (Å²) < 4.78 is 15.3. The van der Waals surface area contributed by atoms with Crippen LogP contribution in [0, 0.1) is 0 Å². The number of benzene rings is 1. The third kappa shape index (κ3) is 3.96. The zero-order valence-electron chi connectivity index (χ0n) is 10.3. The SMILES string of the molecule is CCOc1ccc(NC(=O)COC)cc1OC. The van der Waals surface area contributed by atoms with Crippen LogP contribution in [-0.4, -0.2) is 33.3 Å². The van der Waals surface area contributed by atoms with Crippen LogP contribution in [0.4, 0.5) is 5.69 Å². The lowest BCUT2D eigenvalue weighted by molar-refractivity contribution is -0.119. The number of amides is 1. The van der Waals surface area contributed by atoms with Gasteiger partial charge in [0.1, 0.15) is 6.61 Å². The molecule has 1 aromatic rings. The molecule has 0 aliphatic heterocycles. The second kappa shape index (κ2) is 6.75. The minimum Gasteiger partial charge on any atom is -0.493 e. The second-order valence-electron chi connectivity index (χ2n) is 3.28. The topological polar surface area (TPSA) is 56.8 Å². The normalized spacial score (nSPS) is 9.82. The Hall–Kier alpha value is -1.75. The van der Waals surface area contributed by atoms with E-state index in [1.807, 2.05) is 6.92 Å². The molecule has 0 atom stereocenters. The molecule has 0 saturated carbocycles. The highest BCUT2D eigenvalue weighted by Crippen LogP contribution is 2.30. The molecule has 0 aliphatic rings. The molecule has 1 amide bonds. The summed E-state index contributed by atoms with van der Waals surface area (Å²) in [6.07, 6.45) is 0. The highest BCUT2D eigenvalue weighted by Gasteiger charge is 2.07. The third-order valence-corrected chi connectivity index (χ3v) is 2.02. The number of nitrogens with one attached hydrogen (secondary N) is 1. The fourth-order valence-electron chi connectivity index (χ4n) is 1.35. The lowest BCUT2D eigenvalue weighted by Crippen LogP contribution is -2.17. The Balaban J connectivity index is 2.78. The predicted molar refractivity (Wildman–Crippen MR) is 64.7 cm³/mol. The summed E-state index contributed by atoms with van der Waals surface area (Å²) in [4.78, 5) is 11.3. The minimum atomic E-state index is -0.210. The molecule has 17 heavy (non-hydrogen) atoms. The van der Waals surface area contributed by atoms with Crippen molar-refractivity contribution in [3.63, 3.8) is 0 Å². The zero-order valence-corrected chi connectivity index (χ0v) is 10.3. The van der Waals surface area contributed by atoms with E-state index in [0.29, 0.717) is 23.8 Å². The van der Waals surface area contributed by atoms with Crippen LogP contribution in [0.25, 0.3) is 0 Å². The molecule has 0 spiro atoms. The van der Waals surface area contributed by atoms with E-state index < -0.39 is 0 Å². The molecular formula is C12H17NO4. The number of methoxy groups -OCH3 is 2. The van der Waals surface area contributed by atoms with Crippen LogP contribution in [0.2, 0.25) is 0 Å². The largest absolute Gasteiger partial charge is 0.493 e. The molecule has 0 fully saturated rings. The third-order valence-electron chi connectivity index (χ3n) is 2.02. The Kier molecular flexibility index (Phi) is 5.29. The van der Waals surface area contributed by atoms with E-state index in [9.17, 15) is 4.79 Å². The van der Waals surface area contributed by atoms with Gasteiger partial charge in [0.15, 0.2) is 11.5 Å². The van der Waals surface area contributed by atoms with Gasteiger partial charge < -0.3 is 19.5 Å². The monoisotopic (exact) mass is 239 g/mol. The first-order chi connectivity index (χ1) is 8.21. The Morgan fingerprint density at radius 1 is 1.29 bits per heavy atom. The number of hydrogen-bond donors (Lipinski definition) is 1. The van der Waals surface area contributed by atoms with Gasteiger partial charge in [-0.25, -0.2) is 0 Å². The van der Waals surface area contributed by atoms with Gasteiger partial charge in [-0.3, -0.25) is 4.79 Å². The summed E-state index contributed by atoms with van der Waals surface area (Å²) in [6.45, 7) is 2.48. The molecule has 0 heterocycles. The molecule has 0 aromatic heterocycles. The molecule has 1 aromatic carbocycles.